The first-order valence-corrected chi connectivity index (χ1v) is 7.32. The summed E-state index contributed by atoms with van der Waals surface area (Å²) in [6.07, 6.45) is 3.79. The number of benzene rings is 2. The lowest BCUT2D eigenvalue weighted by Gasteiger charge is -2.08. The number of carbonyl (C=O) groups excluding carboxylic acids is 1. The Morgan fingerprint density at radius 3 is 2.61 bits per heavy atom. The van der Waals surface area contributed by atoms with Gasteiger partial charge in [0.25, 0.3) is 0 Å². The van der Waals surface area contributed by atoms with Crippen molar-refractivity contribution in [3.05, 3.63) is 57.8 Å². The minimum atomic E-state index is -0.431. The third-order valence-corrected chi connectivity index (χ3v) is 3.66. The third-order valence-electron chi connectivity index (χ3n) is 3.66. The van der Waals surface area contributed by atoms with Gasteiger partial charge in [-0.15, -0.1) is 0 Å². The summed E-state index contributed by atoms with van der Waals surface area (Å²) >= 11 is 0. The standard InChI is InChI=1S/C19H16O4/c1-4-5-14-11(2)6-8-17-18(14)19(21)15-10-13(22-12(3)20)7-9-16(15)23-17/h4-10H,1-3H3/b5-4-. The van der Waals surface area contributed by atoms with Gasteiger partial charge in [0.15, 0.2) is 0 Å². The molecule has 23 heavy (non-hydrogen) atoms. The van der Waals surface area contributed by atoms with Crippen molar-refractivity contribution in [2.24, 2.45) is 0 Å². The molecular weight excluding hydrogens is 292 g/mol. The second-order valence-electron chi connectivity index (χ2n) is 5.35. The highest BCUT2D eigenvalue weighted by Gasteiger charge is 2.13. The lowest BCUT2D eigenvalue weighted by molar-refractivity contribution is -0.131. The number of allylic oxidation sites excluding steroid dienone is 1. The normalized spacial score (nSPS) is 11.4. The molecule has 4 heteroatoms. The Kier molecular flexibility index (Phi) is 3.74. The molecule has 0 aliphatic rings. The quantitative estimate of drug-likeness (QED) is 0.404. The zero-order chi connectivity index (χ0) is 16.6. The van der Waals surface area contributed by atoms with Crippen molar-refractivity contribution in [3.8, 4) is 5.75 Å². The molecule has 2 aromatic carbocycles. The van der Waals surface area contributed by atoms with Crippen LogP contribution in [0.2, 0.25) is 0 Å². The van der Waals surface area contributed by atoms with Crippen molar-refractivity contribution in [2.45, 2.75) is 20.8 Å². The summed E-state index contributed by atoms with van der Waals surface area (Å²) in [5, 5.41) is 0.933. The molecule has 0 radical (unpaired) electrons. The molecule has 0 amide bonds. The van der Waals surface area contributed by atoms with E-state index in [4.69, 9.17) is 9.15 Å². The molecule has 0 fully saturated rings. The largest absolute Gasteiger partial charge is 0.456 e. The Balaban J connectivity index is 2.40. The van der Waals surface area contributed by atoms with Gasteiger partial charge in [0.05, 0.1) is 10.8 Å². The third kappa shape index (κ3) is 2.63. The van der Waals surface area contributed by atoms with Gasteiger partial charge in [-0.2, -0.15) is 0 Å². The zero-order valence-electron chi connectivity index (χ0n) is 13.2. The van der Waals surface area contributed by atoms with E-state index in [1.54, 1.807) is 24.3 Å². The van der Waals surface area contributed by atoms with E-state index in [-0.39, 0.29) is 5.43 Å². The monoisotopic (exact) mass is 308 g/mol. The smallest absolute Gasteiger partial charge is 0.308 e. The lowest BCUT2D eigenvalue weighted by atomic mass is 10.0. The highest BCUT2D eigenvalue weighted by molar-refractivity contribution is 5.95. The van der Waals surface area contributed by atoms with E-state index in [0.29, 0.717) is 27.7 Å². The van der Waals surface area contributed by atoms with Crippen LogP contribution in [0.3, 0.4) is 0 Å². The highest BCUT2D eigenvalue weighted by atomic mass is 16.5. The molecule has 0 saturated carbocycles. The van der Waals surface area contributed by atoms with Crippen LogP contribution >= 0.6 is 0 Å². The number of hydrogen-bond acceptors (Lipinski definition) is 4. The topological polar surface area (TPSA) is 56.5 Å². The van der Waals surface area contributed by atoms with Crippen LogP contribution in [0.5, 0.6) is 5.75 Å². The maximum atomic E-state index is 12.9. The first-order valence-electron chi connectivity index (χ1n) is 7.32. The van der Waals surface area contributed by atoms with Crippen molar-refractivity contribution >= 4 is 34.0 Å². The van der Waals surface area contributed by atoms with Crippen LogP contribution in [0.4, 0.5) is 0 Å². The van der Waals surface area contributed by atoms with Crippen LogP contribution in [0, 0.1) is 6.92 Å². The Labute approximate surface area is 133 Å². The molecule has 3 aromatic rings. The van der Waals surface area contributed by atoms with Gasteiger partial charge in [0.2, 0.25) is 5.43 Å². The number of ether oxygens (including phenoxy) is 1. The van der Waals surface area contributed by atoms with Crippen molar-refractivity contribution in [1.29, 1.82) is 0 Å². The maximum absolute atomic E-state index is 12.9. The van der Waals surface area contributed by atoms with Crippen molar-refractivity contribution in [1.82, 2.24) is 0 Å². The number of carbonyl (C=O) groups is 1. The highest BCUT2D eigenvalue weighted by Crippen LogP contribution is 2.26. The van der Waals surface area contributed by atoms with Gasteiger partial charge < -0.3 is 9.15 Å². The predicted octanol–water partition coefficient (Wildman–Crippen LogP) is 4.21. The Bertz CT molecular complexity index is 1010. The molecule has 1 heterocycles. The summed E-state index contributed by atoms with van der Waals surface area (Å²) in [6.45, 7) is 5.17. The van der Waals surface area contributed by atoms with Gasteiger partial charge in [-0.3, -0.25) is 9.59 Å². The minimum absolute atomic E-state index is 0.132. The van der Waals surface area contributed by atoms with Gasteiger partial charge in [-0.25, -0.2) is 0 Å². The van der Waals surface area contributed by atoms with E-state index < -0.39 is 5.97 Å². The van der Waals surface area contributed by atoms with Crippen molar-refractivity contribution in [3.63, 3.8) is 0 Å². The molecule has 116 valence electrons. The average Bonchev–Trinajstić information content (AvgIpc) is 2.50. The molecule has 0 aliphatic heterocycles. The van der Waals surface area contributed by atoms with E-state index in [9.17, 15) is 9.59 Å². The molecule has 0 spiro atoms. The molecule has 0 saturated heterocycles. The number of rotatable bonds is 2. The summed E-state index contributed by atoms with van der Waals surface area (Å²) in [6, 6.07) is 8.53. The van der Waals surface area contributed by atoms with Crippen LogP contribution in [-0.2, 0) is 4.79 Å². The van der Waals surface area contributed by atoms with E-state index in [0.717, 1.165) is 11.1 Å². The fourth-order valence-corrected chi connectivity index (χ4v) is 2.66. The van der Waals surface area contributed by atoms with Gasteiger partial charge in [-0.05, 0) is 49.2 Å². The predicted molar refractivity (Wildman–Crippen MR) is 90.7 cm³/mol. The van der Waals surface area contributed by atoms with Gasteiger partial charge in [0, 0.05) is 6.92 Å². The van der Waals surface area contributed by atoms with Crippen molar-refractivity contribution in [2.75, 3.05) is 0 Å². The minimum Gasteiger partial charge on any atom is -0.456 e. The summed E-state index contributed by atoms with van der Waals surface area (Å²) in [5.74, 6) is -0.100. The van der Waals surface area contributed by atoms with Crippen LogP contribution in [0.25, 0.3) is 28.0 Å². The van der Waals surface area contributed by atoms with Crippen LogP contribution < -0.4 is 10.2 Å². The van der Waals surface area contributed by atoms with Crippen LogP contribution in [0.15, 0.2) is 45.6 Å². The molecule has 1 aromatic heterocycles. The van der Waals surface area contributed by atoms with Gasteiger partial charge >= 0.3 is 5.97 Å². The van der Waals surface area contributed by atoms with Crippen LogP contribution in [0.1, 0.15) is 25.0 Å². The van der Waals surface area contributed by atoms with Crippen LogP contribution in [-0.4, -0.2) is 5.97 Å². The van der Waals surface area contributed by atoms with Gasteiger partial charge in [-0.1, -0.05) is 18.2 Å². The molecule has 0 atom stereocenters. The maximum Gasteiger partial charge on any atom is 0.308 e. The molecule has 4 nitrogen and oxygen atoms in total. The molecular formula is C19H16O4. The van der Waals surface area contributed by atoms with E-state index in [2.05, 4.69) is 0 Å². The SMILES string of the molecule is C/C=C\c1c(C)ccc2oc3ccc(OC(C)=O)cc3c(=O)c12. The molecule has 0 aliphatic carbocycles. The first kappa shape index (κ1) is 15.0. The van der Waals surface area contributed by atoms with Gasteiger partial charge in [0.1, 0.15) is 16.9 Å². The Morgan fingerprint density at radius 2 is 1.91 bits per heavy atom. The summed E-state index contributed by atoms with van der Waals surface area (Å²) in [4.78, 5) is 24.0. The number of fused-ring (bicyclic) bond motifs is 2. The Morgan fingerprint density at radius 1 is 1.17 bits per heavy atom. The summed E-state index contributed by atoms with van der Waals surface area (Å²) in [5.41, 5.74) is 2.72. The van der Waals surface area contributed by atoms with E-state index >= 15 is 0 Å². The summed E-state index contributed by atoms with van der Waals surface area (Å²) in [7, 11) is 0. The zero-order valence-corrected chi connectivity index (χ0v) is 13.2. The fraction of sp³-hybridized carbons (Fsp3) is 0.158. The number of hydrogen-bond donors (Lipinski definition) is 0. The second-order valence-corrected chi connectivity index (χ2v) is 5.35. The lowest BCUT2D eigenvalue weighted by Crippen LogP contribution is -2.06. The van der Waals surface area contributed by atoms with Crippen molar-refractivity contribution < 1.29 is 13.9 Å². The average molecular weight is 308 g/mol. The summed E-state index contributed by atoms with van der Waals surface area (Å²) < 4.78 is 10.9. The molecule has 0 bridgehead atoms. The first-order chi connectivity index (χ1) is 11.0. The molecule has 0 unspecified atom stereocenters. The number of aryl methyl sites for hydroxylation is 1. The molecule has 0 N–H and O–H groups in total. The Hall–Kier alpha value is -2.88. The molecule has 3 rings (SSSR count). The number of esters is 1. The van der Waals surface area contributed by atoms with E-state index in [1.807, 2.05) is 32.1 Å². The fourth-order valence-electron chi connectivity index (χ4n) is 2.66. The second kappa shape index (κ2) is 5.72. The van der Waals surface area contributed by atoms with E-state index in [1.165, 1.54) is 6.92 Å².